The summed E-state index contributed by atoms with van der Waals surface area (Å²) in [5, 5.41) is 0.192. The lowest BCUT2D eigenvalue weighted by atomic mass is 9.79. The van der Waals surface area contributed by atoms with Gasteiger partial charge >= 0.3 is 0 Å². The molecule has 0 spiro atoms. The van der Waals surface area contributed by atoms with E-state index in [0.29, 0.717) is 0 Å². The molecule has 0 amide bonds. The Morgan fingerprint density at radius 1 is 1.45 bits per heavy atom. The first-order valence-corrected chi connectivity index (χ1v) is 7.13. The summed E-state index contributed by atoms with van der Waals surface area (Å²) in [6, 6.07) is 5.45. The van der Waals surface area contributed by atoms with Crippen molar-refractivity contribution >= 4 is 24.0 Å². The molecule has 0 radical (unpaired) electrons. The number of nitrogens with two attached hydrogens (primary N) is 1. The molecule has 1 heterocycles. The molecule has 1 saturated heterocycles. The Morgan fingerprint density at radius 3 is 2.65 bits per heavy atom. The Labute approximate surface area is 131 Å². The number of halogens is 3. The van der Waals surface area contributed by atoms with Gasteiger partial charge in [-0.05, 0) is 36.5 Å². The first-order valence-electron chi connectivity index (χ1n) is 6.76. The topological polar surface area (TPSA) is 29.3 Å². The Bertz CT molecular complexity index is 465. The lowest BCUT2D eigenvalue weighted by Gasteiger charge is -2.45. The predicted octanol–water partition coefficient (Wildman–Crippen LogP) is 4.02. The van der Waals surface area contributed by atoms with E-state index >= 15 is 0 Å². The molecule has 20 heavy (non-hydrogen) atoms. The van der Waals surface area contributed by atoms with Crippen LogP contribution in [-0.2, 0) is 0 Å². The molecular weight excluding hydrogens is 298 g/mol. The van der Waals surface area contributed by atoms with Crippen molar-refractivity contribution in [3.63, 3.8) is 0 Å². The molecule has 0 bridgehead atoms. The molecule has 2 atom stereocenters. The lowest BCUT2D eigenvalue weighted by Crippen LogP contribution is -2.52. The molecule has 1 aromatic rings. The zero-order valence-electron chi connectivity index (χ0n) is 12.2. The van der Waals surface area contributed by atoms with Crippen LogP contribution in [0.5, 0.6) is 0 Å². The van der Waals surface area contributed by atoms with Crippen molar-refractivity contribution in [3.8, 4) is 0 Å². The quantitative estimate of drug-likeness (QED) is 0.891. The van der Waals surface area contributed by atoms with E-state index in [9.17, 15) is 4.39 Å². The van der Waals surface area contributed by atoms with Gasteiger partial charge in [0.25, 0.3) is 0 Å². The Hall–Kier alpha value is -0.350. The summed E-state index contributed by atoms with van der Waals surface area (Å²) in [4.78, 5) is 2.40. The normalized spacial score (nSPS) is 24.0. The van der Waals surface area contributed by atoms with Crippen molar-refractivity contribution in [2.24, 2.45) is 11.1 Å². The van der Waals surface area contributed by atoms with E-state index < -0.39 is 0 Å². The fourth-order valence-electron chi connectivity index (χ4n) is 2.73. The predicted molar refractivity (Wildman–Crippen MR) is 85.0 cm³/mol. The third-order valence-corrected chi connectivity index (χ3v) is 4.61. The van der Waals surface area contributed by atoms with Crippen molar-refractivity contribution in [3.05, 3.63) is 34.6 Å². The maximum atomic E-state index is 13.2. The van der Waals surface area contributed by atoms with Crippen LogP contribution >= 0.6 is 24.0 Å². The van der Waals surface area contributed by atoms with Gasteiger partial charge in [-0.2, -0.15) is 0 Å². The first kappa shape index (κ1) is 17.7. The zero-order chi connectivity index (χ0) is 14.2. The van der Waals surface area contributed by atoms with E-state index in [0.717, 1.165) is 25.1 Å². The van der Waals surface area contributed by atoms with Gasteiger partial charge in [0.2, 0.25) is 0 Å². The average molecular weight is 321 g/mol. The van der Waals surface area contributed by atoms with Crippen LogP contribution in [0.25, 0.3) is 0 Å². The maximum absolute atomic E-state index is 13.2. The highest BCUT2D eigenvalue weighted by Crippen LogP contribution is 2.33. The van der Waals surface area contributed by atoms with Gasteiger partial charge in [0.1, 0.15) is 5.82 Å². The van der Waals surface area contributed by atoms with Gasteiger partial charge in [-0.25, -0.2) is 4.39 Å². The van der Waals surface area contributed by atoms with Crippen molar-refractivity contribution in [1.29, 1.82) is 0 Å². The minimum Gasteiger partial charge on any atom is -0.327 e. The second-order valence-electron chi connectivity index (χ2n) is 6.20. The summed E-state index contributed by atoms with van der Waals surface area (Å²) in [5.41, 5.74) is 7.32. The number of hydrogen-bond acceptors (Lipinski definition) is 2. The summed E-state index contributed by atoms with van der Waals surface area (Å²) in [6.45, 7) is 8.46. The molecule has 0 saturated carbocycles. The standard InChI is InChI=1S/C15H22ClFN2.ClH/c1-10(11-4-5-13(17)12(16)8-11)19-7-6-14(18)15(2,3)9-19;/h4-5,8,10,14H,6-7,9,18H2,1-3H3;1H. The molecule has 1 aliphatic rings. The van der Waals surface area contributed by atoms with Gasteiger partial charge in [-0.3, -0.25) is 4.90 Å². The van der Waals surface area contributed by atoms with Crippen LogP contribution in [0.1, 0.15) is 38.8 Å². The lowest BCUT2D eigenvalue weighted by molar-refractivity contribution is 0.0664. The number of benzene rings is 1. The van der Waals surface area contributed by atoms with Gasteiger partial charge in [-0.15, -0.1) is 12.4 Å². The smallest absolute Gasteiger partial charge is 0.141 e. The molecule has 1 aliphatic heterocycles. The van der Waals surface area contributed by atoms with Crippen LogP contribution in [0.15, 0.2) is 18.2 Å². The second kappa shape index (κ2) is 6.61. The zero-order valence-corrected chi connectivity index (χ0v) is 13.8. The van der Waals surface area contributed by atoms with Crippen LogP contribution in [0, 0.1) is 11.2 Å². The molecule has 2 N–H and O–H groups in total. The number of likely N-dealkylation sites (tertiary alicyclic amines) is 1. The van der Waals surface area contributed by atoms with Gasteiger partial charge in [-0.1, -0.05) is 31.5 Å². The molecule has 1 fully saturated rings. The fourth-order valence-corrected chi connectivity index (χ4v) is 2.92. The molecule has 5 heteroatoms. The third kappa shape index (κ3) is 3.64. The van der Waals surface area contributed by atoms with Crippen molar-refractivity contribution in [2.45, 2.75) is 39.3 Å². The summed E-state index contributed by atoms with van der Waals surface area (Å²) >= 11 is 5.86. The van der Waals surface area contributed by atoms with Gasteiger partial charge in [0.05, 0.1) is 5.02 Å². The van der Waals surface area contributed by atoms with Crippen molar-refractivity contribution in [2.75, 3.05) is 13.1 Å². The minimum absolute atomic E-state index is 0. The van der Waals surface area contributed by atoms with Gasteiger partial charge in [0, 0.05) is 25.2 Å². The fraction of sp³-hybridized carbons (Fsp3) is 0.600. The van der Waals surface area contributed by atoms with E-state index in [1.54, 1.807) is 6.07 Å². The van der Waals surface area contributed by atoms with Crippen LogP contribution in [0.4, 0.5) is 4.39 Å². The number of rotatable bonds is 2. The summed E-state index contributed by atoms with van der Waals surface area (Å²) in [6.07, 6.45) is 0.992. The van der Waals surface area contributed by atoms with Crippen molar-refractivity contribution in [1.82, 2.24) is 4.90 Å². The third-order valence-electron chi connectivity index (χ3n) is 4.32. The summed E-state index contributed by atoms with van der Waals surface area (Å²) < 4.78 is 13.2. The minimum atomic E-state index is -0.362. The molecule has 0 aromatic heterocycles. The summed E-state index contributed by atoms with van der Waals surface area (Å²) in [7, 11) is 0. The van der Waals surface area contributed by atoms with E-state index in [-0.39, 0.29) is 40.7 Å². The Kier molecular flexibility index (Phi) is 5.85. The molecule has 114 valence electrons. The van der Waals surface area contributed by atoms with Crippen LogP contribution in [0.2, 0.25) is 5.02 Å². The van der Waals surface area contributed by atoms with Gasteiger partial charge < -0.3 is 5.73 Å². The summed E-state index contributed by atoms with van der Waals surface area (Å²) in [5.74, 6) is -0.362. The molecule has 1 aromatic carbocycles. The maximum Gasteiger partial charge on any atom is 0.141 e. The number of hydrogen-bond donors (Lipinski definition) is 1. The molecule has 2 nitrogen and oxygen atoms in total. The van der Waals surface area contributed by atoms with E-state index in [2.05, 4.69) is 25.7 Å². The Balaban J connectivity index is 0.00000200. The number of piperidine rings is 1. The highest BCUT2D eigenvalue weighted by molar-refractivity contribution is 6.30. The second-order valence-corrected chi connectivity index (χ2v) is 6.61. The largest absolute Gasteiger partial charge is 0.327 e. The molecule has 2 rings (SSSR count). The average Bonchev–Trinajstić information content (AvgIpc) is 2.35. The van der Waals surface area contributed by atoms with E-state index in [1.807, 2.05) is 6.07 Å². The van der Waals surface area contributed by atoms with E-state index in [4.69, 9.17) is 17.3 Å². The van der Waals surface area contributed by atoms with Gasteiger partial charge in [0.15, 0.2) is 0 Å². The number of nitrogens with zero attached hydrogens (tertiary/aromatic N) is 1. The van der Waals surface area contributed by atoms with Crippen LogP contribution in [-0.4, -0.2) is 24.0 Å². The molecule has 2 unspecified atom stereocenters. The highest BCUT2D eigenvalue weighted by Gasteiger charge is 2.35. The molecular formula is C15H23Cl2FN2. The highest BCUT2D eigenvalue weighted by atomic mass is 35.5. The van der Waals surface area contributed by atoms with Crippen molar-refractivity contribution < 1.29 is 4.39 Å². The molecule has 0 aliphatic carbocycles. The van der Waals surface area contributed by atoms with E-state index in [1.165, 1.54) is 6.07 Å². The van der Waals surface area contributed by atoms with Crippen LogP contribution < -0.4 is 5.73 Å². The Morgan fingerprint density at radius 2 is 2.10 bits per heavy atom. The van der Waals surface area contributed by atoms with Crippen LogP contribution in [0.3, 0.4) is 0 Å². The first-order chi connectivity index (χ1) is 8.81. The SMILES string of the molecule is CC(c1ccc(F)c(Cl)c1)N1CCC(N)C(C)(C)C1.Cl. The monoisotopic (exact) mass is 320 g/mol.